The Bertz CT molecular complexity index is 194. The van der Waals surface area contributed by atoms with Gasteiger partial charge in [0, 0.05) is 12.1 Å². The normalized spacial score (nSPS) is 57.2. The number of hydrogen-bond acceptors (Lipinski definition) is 2. The van der Waals surface area contributed by atoms with Gasteiger partial charge in [-0.3, -0.25) is 4.90 Å². The van der Waals surface area contributed by atoms with Crippen molar-refractivity contribution >= 4 is 0 Å². The standard InChI is InChI=1S/C10H17NO/c12-9-5-8-4-7-2-1-3-11(8)10(7)6-9/h7-10,12H,1-6H2/t7-,8-,9+,10+/m1/s1. The zero-order valence-corrected chi connectivity index (χ0v) is 7.45. The van der Waals surface area contributed by atoms with E-state index in [0.717, 1.165) is 30.8 Å². The molecule has 1 unspecified atom stereocenters. The summed E-state index contributed by atoms with van der Waals surface area (Å²) in [5, 5.41) is 9.62. The highest BCUT2D eigenvalue weighted by Crippen LogP contribution is 2.44. The number of hydrogen-bond donors (Lipinski definition) is 1. The van der Waals surface area contributed by atoms with Crippen molar-refractivity contribution in [1.82, 2.24) is 4.90 Å². The highest BCUT2D eigenvalue weighted by Gasteiger charge is 2.47. The summed E-state index contributed by atoms with van der Waals surface area (Å²) in [4.78, 5) is 2.67. The van der Waals surface area contributed by atoms with Gasteiger partial charge in [0.25, 0.3) is 0 Å². The van der Waals surface area contributed by atoms with Crippen molar-refractivity contribution in [2.45, 2.75) is 50.3 Å². The molecule has 0 aromatic rings. The fraction of sp³-hybridized carbons (Fsp3) is 1.00. The van der Waals surface area contributed by atoms with Crippen LogP contribution in [0.1, 0.15) is 32.1 Å². The Labute approximate surface area is 73.6 Å². The first-order valence-electron chi connectivity index (χ1n) is 5.28. The van der Waals surface area contributed by atoms with E-state index in [9.17, 15) is 5.11 Å². The van der Waals surface area contributed by atoms with Crippen LogP contribution in [-0.4, -0.2) is 34.7 Å². The molecule has 3 saturated heterocycles. The second kappa shape index (κ2) is 2.46. The molecule has 0 spiro atoms. The summed E-state index contributed by atoms with van der Waals surface area (Å²) < 4.78 is 0. The van der Waals surface area contributed by atoms with Crippen LogP contribution in [0.4, 0.5) is 0 Å². The monoisotopic (exact) mass is 167 g/mol. The van der Waals surface area contributed by atoms with Gasteiger partial charge in [-0.1, -0.05) is 0 Å². The van der Waals surface area contributed by atoms with Gasteiger partial charge in [0.1, 0.15) is 0 Å². The average Bonchev–Trinajstić information content (AvgIpc) is 2.26. The first-order valence-corrected chi connectivity index (χ1v) is 5.28. The highest BCUT2D eigenvalue weighted by molar-refractivity contribution is 5.02. The van der Waals surface area contributed by atoms with Crippen LogP contribution in [0.15, 0.2) is 0 Å². The predicted octanol–water partition coefficient (Wildman–Crippen LogP) is 0.994. The lowest BCUT2D eigenvalue weighted by atomic mass is 9.89. The molecule has 3 aliphatic rings. The molecule has 0 aromatic heterocycles. The molecule has 5 atom stereocenters. The minimum Gasteiger partial charge on any atom is -0.393 e. The first kappa shape index (κ1) is 7.34. The summed E-state index contributed by atoms with van der Waals surface area (Å²) >= 11 is 0. The molecule has 68 valence electrons. The van der Waals surface area contributed by atoms with Crippen molar-refractivity contribution in [3.8, 4) is 0 Å². The van der Waals surface area contributed by atoms with E-state index >= 15 is 0 Å². The van der Waals surface area contributed by atoms with Crippen LogP contribution >= 0.6 is 0 Å². The molecule has 0 saturated carbocycles. The lowest BCUT2D eigenvalue weighted by Crippen LogP contribution is -2.47. The summed E-state index contributed by atoms with van der Waals surface area (Å²) in [5.41, 5.74) is 0. The quantitative estimate of drug-likeness (QED) is 0.581. The third kappa shape index (κ3) is 0.882. The molecular weight excluding hydrogens is 150 g/mol. The molecule has 1 N–H and O–H groups in total. The molecule has 3 fully saturated rings. The number of aliphatic hydroxyl groups is 1. The van der Waals surface area contributed by atoms with E-state index < -0.39 is 0 Å². The van der Waals surface area contributed by atoms with Crippen molar-refractivity contribution in [3.63, 3.8) is 0 Å². The molecule has 0 aromatic carbocycles. The average molecular weight is 167 g/mol. The topological polar surface area (TPSA) is 23.5 Å². The summed E-state index contributed by atoms with van der Waals surface area (Å²) in [6, 6.07) is 1.50. The third-order valence-electron chi connectivity index (χ3n) is 4.06. The first-order chi connectivity index (χ1) is 5.84. The molecule has 4 bridgehead atoms. The second-order valence-corrected chi connectivity index (χ2v) is 4.72. The highest BCUT2D eigenvalue weighted by atomic mass is 16.3. The molecule has 2 heteroatoms. The van der Waals surface area contributed by atoms with Gasteiger partial charge in [0.05, 0.1) is 6.10 Å². The van der Waals surface area contributed by atoms with Crippen LogP contribution < -0.4 is 0 Å². The Morgan fingerprint density at radius 3 is 3.00 bits per heavy atom. The second-order valence-electron chi connectivity index (χ2n) is 4.72. The van der Waals surface area contributed by atoms with Crippen molar-refractivity contribution < 1.29 is 5.11 Å². The predicted molar refractivity (Wildman–Crippen MR) is 46.9 cm³/mol. The zero-order chi connectivity index (χ0) is 8.13. The van der Waals surface area contributed by atoms with E-state index in [-0.39, 0.29) is 6.10 Å². The minimum absolute atomic E-state index is 0.0133. The van der Waals surface area contributed by atoms with Gasteiger partial charge in [0.2, 0.25) is 0 Å². The molecule has 0 amide bonds. The Morgan fingerprint density at radius 1 is 1.17 bits per heavy atom. The fourth-order valence-corrected chi connectivity index (χ4v) is 3.63. The zero-order valence-electron chi connectivity index (χ0n) is 7.45. The number of piperidine rings is 2. The van der Waals surface area contributed by atoms with Crippen LogP contribution in [0.3, 0.4) is 0 Å². The van der Waals surface area contributed by atoms with Crippen LogP contribution in [0.5, 0.6) is 0 Å². The summed E-state index contributed by atoms with van der Waals surface area (Å²) in [6.07, 6.45) is 6.31. The maximum Gasteiger partial charge on any atom is 0.0570 e. The molecule has 2 nitrogen and oxygen atoms in total. The third-order valence-corrected chi connectivity index (χ3v) is 4.06. The fourth-order valence-electron chi connectivity index (χ4n) is 3.63. The van der Waals surface area contributed by atoms with Gasteiger partial charge in [-0.15, -0.1) is 0 Å². The Morgan fingerprint density at radius 2 is 2.08 bits per heavy atom. The van der Waals surface area contributed by atoms with Crippen molar-refractivity contribution in [2.24, 2.45) is 5.92 Å². The van der Waals surface area contributed by atoms with Gasteiger partial charge in [0.15, 0.2) is 0 Å². The van der Waals surface area contributed by atoms with Crippen LogP contribution in [0.25, 0.3) is 0 Å². The lowest BCUT2D eigenvalue weighted by Gasteiger charge is -2.40. The van der Waals surface area contributed by atoms with Crippen LogP contribution in [0.2, 0.25) is 0 Å². The molecule has 3 heterocycles. The summed E-state index contributed by atoms with van der Waals surface area (Å²) in [6.45, 7) is 1.30. The van der Waals surface area contributed by atoms with E-state index in [1.54, 1.807) is 0 Å². The van der Waals surface area contributed by atoms with Gasteiger partial charge >= 0.3 is 0 Å². The molecule has 3 rings (SSSR count). The van der Waals surface area contributed by atoms with Gasteiger partial charge in [-0.25, -0.2) is 0 Å². The molecule has 0 radical (unpaired) electrons. The maximum atomic E-state index is 9.62. The molecular formula is C10H17NO. The van der Waals surface area contributed by atoms with E-state index in [1.165, 1.54) is 25.8 Å². The van der Waals surface area contributed by atoms with E-state index in [2.05, 4.69) is 4.90 Å². The summed E-state index contributed by atoms with van der Waals surface area (Å²) in [7, 11) is 0. The largest absolute Gasteiger partial charge is 0.393 e. The van der Waals surface area contributed by atoms with Gasteiger partial charge in [-0.2, -0.15) is 0 Å². The Hall–Kier alpha value is -0.0800. The summed E-state index contributed by atoms with van der Waals surface area (Å²) in [5.74, 6) is 0.931. The van der Waals surface area contributed by atoms with Gasteiger partial charge < -0.3 is 5.11 Å². The maximum absolute atomic E-state index is 9.62. The smallest absolute Gasteiger partial charge is 0.0570 e. The number of rotatable bonds is 0. The minimum atomic E-state index is 0.0133. The Kier molecular flexibility index (Phi) is 1.50. The van der Waals surface area contributed by atoms with Crippen molar-refractivity contribution in [1.29, 1.82) is 0 Å². The van der Waals surface area contributed by atoms with Crippen LogP contribution in [-0.2, 0) is 0 Å². The molecule has 0 aliphatic carbocycles. The number of aliphatic hydroxyl groups excluding tert-OH is 1. The lowest BCUT2D eigenvalue weighted by molar-refractivity contribution is 0.0169. The van der Waals surface area contributed by atoms with Crippen molar-refractivity contribution in [3.05, 3.63) is 0 Å². The Balaban J connectivity index is 1.87. The van der Waals surface area contributed by atoms with E-state index in [1.807, 2.05) is 0 Å². The molecule has 3 aliphatic heterocycles. The number of nitrogens with zero attached hydrogens (tertiary/aromatic N) is 1. The van der Waals surface area contributed by atoms with E-state index in [0.29, 0.717) is 0 Å². The molecule has 12 heavy (non-hydrogen) atoms. The van der Waals surface area contributed by atoms with Crippen molar-refractivity contribution in [2.75, 3.05) is 6.54 Å². The van der Waals surface area contributed by atoms with Gasteiger partial charge in [-0.05, 0) is 44.6 Å². The SMILES string of the molecule is O[C@H]1C[C@H]2C[C@H]3CCCN2[C@H]3C1. The van der Waals surface area contributed by atoms with E-state index in [4.69, 9.17) is 0 Å². The van der Waals surface area contributed by atoms with Crippen LogP contribution in [0, 0.1) is 5.92 Å².